The molecule has 1 aliphatic carbocycles. The molecule has 0 unspecified atom stereocenters. The second kappa shape index (κ2) is 6.11. The molecule has 1 N–H and O–H groups in total. The molecule has 20 heavy (non-hydrogen) atoms. The summed E-state index contributed by atoms with van der Waals surface area (Å²) < 4.78 is 13.5. The van der Waals surface area contributed by atoms with Crippen LogP contribution >= 0.6 is 27.5 Å². The van der Waals surface area contributed by atoms with Crippen LogP contribution in [0.4, 0.5) is 10.1 Å². The number of nitrogens with zero attached hydrogens (tertiary/aromatic N) is 1. The molecule has 1 aliphatic rings. The van der Waals surface area contributed by atoms with Crippen molar-refractivity contribution < 1.29 is 9.18 Å². The van der Waals surface area contributed by atoms with Crippen LogP contribution in [-0.4, -0.2) is 5.91 Å². The number of benzene rings is 1. The first-order valence-corrected chi connectivity index (χ1v) is 7.53. The lowest BCUT2D eigenvalue weighted by Crippen LogP contribution is -2.37. The fourth-order valence-corrected chi connectivity index (χ4v) is 3.34. The molecule has 0 saturated heterocycles. The summed E-state index contributed by atoms with van der Waals surface area (Å²) in [7, 11) is 0. The number of rotatable bonds is 2. The fourth-order valence-electron chi connectivity index (χ4n) is 2.44. The van der Waals surface area contributed by atoms with Gasteiger partial charge in [-0.1, -0.05) is 30.9 Å². The molecule has 0 bridgehead atoms. The maximum atomic E-state index is 13.2. The zero-order valence-electron chi connectivity index (χ0n) is 10.7. The van der Waals surface area contributed by atoms with E-state index in [1.807, 2.05) is 0 Å². The Labute approximate surface area is 130 Å². The molecular formula is C14H13BrClFN2O. The molecule has 0 aliphatic heterocycles. The zero-order chi connectivity index (χ0) is 14.8. The Kier molecular flexibility index (Phi) is 4.66. The summed E-state index contributed by atoms with van der Waals surface area (Å²) in [6.07, 6.45) is 3.86. The Hall–Kier alpha value is -1.12. The van der Waals surface area contributed by atoms with Crippen molar-refractivity contribution in [3.8, 4) is 6.07 Å². The average molecular weight is 360 g/mol. The predicted molar refractivity (Wildman–Crippen MR) is 78.9 cm³/mol. The summed E-state index contributed by atoms with van der Waals surface area (Å²) >= 11 is 9.11. The topological polar surface area (TPSA) is 52.9 Å². The molecule has 106 valence electrons. The van der Waals surface area contributed by atoms with Crippen LogP contribution in [0.15, 0.2) is 16.6 Å². The molecule has 0 spiro atoms. The van der Waals surface area contributed by atoms with Gasteiger partial charge in [0, 0.05) is 4.47 Å². The van der Waals surface area contributed by atoms with Crippen LogP contribution in [0.3, 0.4) is 0 Å². The number of carbonyl (C=O) groups excluding carboxylic acids is 1. The maximum Gasteiger partial charge on any atom is 0.244 e. The van der Waals surface area contributed by atoms with Gasteiger partial charge in [0.25, 0.3) is 0 Å². The lowest BCUT2D eigenvalue weighted by Gasteiger charge is -2.29. The van der Waals surface area contributed by atoms with E-state index in [0.29, 0.717) is 23.0 Å². The summed E-state index contributed by atoms with van der Waals surface area (Å²) in [6.45, 7) is 0. The van der Waals surface area contributed by atoms with Gasteiger partial charge in [-0.2, -0.15) is 5.26 Å². The highest BCUT2D eigenvalue weighted by molar-refractivity contribution is 9.10. The van der Waals surface area contributed by atoms with Gasteiger partial charge in [-0.3, -0.25) is 4.79 Å². The van der Waals surface area contributed by atoms with Crippen molar-refractivity contribution in [3.63, 3.8) is 0 Å². The molecular weight excluding hydrogens is 347 g/mol. The number of hydrogen-bond acceptors (Lipinski definition) is 2. The van der Waals surface area contributed by atoms with E-state index in [9.17, 15) is 14.4 Å². The van der Waals surface area contributed by atoms with E-state index in [1.165, 1.54) is 6.07 Å². The monoisotopic (exact) mass is 358 g/mol. The number of amides is 1. The molecule has 2 rings (SSSR count). The van der Waals surface area contributed by atoms with Gasteiger partial charge in [-0.25, -0.2) is 4.39 Å². The first kappa shape index (κ1) is 15.3. The number of anilines is 1. The number of nitrogens with one attached hydrogen (secondary N) is 1. The molecule has 0 atom stereocenters. The number of nitriles is 1. The Morgan fingerprint density at radius 1 is 1.40 bits per heavy atom. The van der Waals surface area contributed by atoms with Gasteiger partial charge in [-0.05, 0) is 40.9 Å². The van der Waals surface area contributed by atoms with E-state index in [2.05, 4.69) is 27.3 Å². The van der Waals surface area contributed by atoms with Gasteiger partial charge >= 0.3 is 0 Å². The van der Waals surface area contributed by atoms with Crippen molar-refractivity contribution in [2.75, 3.05) is 5.32 Å². The van der Waals surface area contributed by atoms with Crippen LogP contribution in [0.1, 0.15) is 32.1 Å². The molecule has 0 heterocycles. The molecule has 3 nitrogen and oxygen atoms in total. The summed E-state index contributed by atoms with van der Waals surface area (Å²) in [4.78, 5) is 12.4. The van der Waals surface area contributed by atoms with E-state index in [4.69, 9.17) is 11.6 Å². The van der Waals surface area contributed by atoms with Crippen molar-refractivity contribution in [1.82, 2.24) is 0 Å². The fraction of sp³-hybridized carbons (Fsp3) is 0.429. The number of hydrogen-bond donors (Lipinski definition) is 1. The van der Waals surface area contributed by atoms with Gasteiger partial charge in [-0.15, -0.1) is 0 Å². The second-order valence-corrected chi connectivity index (χ2v) is 6.21. The first-order chi connectivity index (χ1) is 9.48. The second-order valence-electron chi connectivity index (χ2n) is 4.95. The van der Waals surface area contributed by atoms with Crippen molar-refractivity contribution in [2.45, 2.75) is 32.1 Å². The minimum atomic E-state index is -1.00. The molecule has 0 aromatic heterocycles. The molecule has 0 radical (unpaired) electrons. The lowest BCUT2D eigenvalue weighted by atomic mass is 9.74. The highest BCUT2D eigenvalue weighted by Gasteiger charge is 2.40. The van der Waals surface area contributed by atoms with Gasteiger partial charge in [0.2, 0.25) is 5.91 Å². The van der Waals surface area contributed by atoms with Crippen molar-refractivity contribution in [3.05, 3.63) is 27.4 Å². The van der Waals surface area contributed by atoms with Gasteiger partial charge in [0.05, 0.1) is 16.8 Å². The normalized spacial score (nSPS) is 17.3. The van der Waals surface area contributed by atoms with Crippen LogP contribution in [0, 0.1) is 22.6 Å². The molecule has 1 aromatic rings. The van der Waals surface area contributed by atoms with Gasteiger partial charge in [0.15, 0.2) is 0 Å². The minimum Gasteiger partial charge on any atom is -0.322 e. The van der Waals surface area contributed by atoms with Crippen LogP contribution in [0.5, 0.6) is 0 Å². The van der Waals surface area contributed by atoms with Crippen LogP contribution in [0.25, 0.3) is 0 Å². The molecule has 6 heteroatoms. The van der Waals surface area contributed by atoms with Gasteiger partial charge in [0.1, 0.15) is 11.2 Å². The quantitative estimate of drug-likeness (QED) is 0.835. The maximum absolute atomic E-state index is 13.2. The predicted octanol–water partition coefficient (Wildman–Crippen LogP) is 4.65. The third kappa shape index (κ3) is 2.97. The van der Waals surface area contributed by atoms with E-state index in [1.54, 1.807) is 0 Å². The Balaban J connectivity index is 2.26. The van der Waals surface area contributed by atoms with Crippen LogP contribution in [0.2, 0.25) is 5.02 Å². The molecule has 1 amide bonds. The highest BCUT2D eigenvalue weighted by atomic mass is 79.9. The van der Waals surface area contributed by atoms with Crippen molar-refractivity contribution in [1.29, 1.82) is 5.26 Å². The third-order valence-corrected chi connectivity index (χ3v) is 4.52. The third-order valence-electron chi connectivity index (χ3n) is 3.60. The largest absolute Gasteiger partial charge is 0.322 e. The molecule has 1 fully saturated rings. The number of halogens is 3. The standard InChI is InChI=1S/C14H13BrClFN2O/c15-10-6-9(17)7-11(16)12(10)19-13(20)14(8-18)4-2-1-3-5-14/h6-7H,1-5H2,(H,19,20). The first-order valence-electron chi connectivity index (χ1n) is 6.36. The minimum absolute atomic E-state index is 0.106. The molecule has 1 aromatic carbocycles. The van der Waals surface area contributed by atoms with E-state index in [-0.39, 0.29) is 10.9 Å². The van der Waals surface area contributed by atoms with Crippen molar-refractivity contribution >= 4 is 39.1 Å². The highest BCUT2D eigenvalue weighted by Crippen LogP contribution is 2.39. The Morgan fingerprint density at radius 2 is 2.05 bits per heavy atom. The van der Waals surface area contributed by atoms with Crippen molar-refractivity contribution in [2.24, 2.45) is 5.41 Å². The van der Waals surface area contributed by atoms with Crippen LogP contribution < -0.4 is 5.32 Å². The summed E-state index contributed by atoms with van der Waals surface area (Å²) in [6, 6.07) is 4.49. The average Bonchev–Trinajstić information content (AvgIpc) is 2.43. The zero-order valence-corrected chi connectivity index (χ0v) is 13.0. The van der Waals surface area contributed by atoms with Crippen LogP contribution in [-0.2, 0) is 4.79 Å². The van der Waals surface area contributed by atoms with E-state index in [0.717, 1.165) is 25.3 Å². The Bertz CT molecular complexity index is 556. The summed E-state index contributed by atoms with van der Waals surface area (Å²) in [5.41, 5.74) is -0.701. The van der Waals surface area contributed by atoms with E-state index < -0.39 is 11.2 Å². The van der Waals surface area contributed by atoms with Gasteiger partial charge < -0.3 is 5.32 Å². The van der Waals surface area contributed by atoms with E-state index >= 15 is 0 Å². The SMILES string of the molecule is N#CC1(C(=O)Nc2c(Cl)cc(F)cc2Br)CCCCC1. The molecule has 1 saturated carbocycles. The number of carbonyl (C=O) groups is 1. The smallest absolute Gasteiger partial charge is 0.244 e. The summed E-state index contributed by atoms with van der Waals surface area (Å²) in [5.74, 6) is -0.860. The summed E-state index contributed by atoms with van der Waals surface area (Å²) in [5, 5.41) is 12.1. The lowest BCUT2D eigenvalue weighted by molar-refractivity contribution is -0.124. The Morgan fingerprint density at radius 3 is 2.60 bits per heavy atom.